The Morgan fingerprint density at radius 2 is 1.73 bits per heavy atom. The van der Waals surface area contributed by atoms with Crippen LogP contribution in [-0.4, -0.2) is 64.2 Å². The molecule has 0 saturated carbocycles. The van der Waals surface area contributed by atoms with Crippen molar-refractivity contribution in [1.29, 1.82) is 0 Å². The molecule has 4 aromatic rings. The summed E-state index contributed by atoms with van der Waals surface area (Å²) in [6.07, 6.45) is 2.28. The van der Waals surface area contributed by atoms with Crippen molar-refractivity contribution in [3.63, 3.8) is 0 Å². The van der Waals surface area contributed by atoms with E-state index in [1.165, 1.54) is 4.57 Å². The van der Waals surface area contributed by atoms with E-state index in [0.29, 0.717) is 78.6 Å². The number of carbonyl (C=O) groups is 2. The molecule has 2 N–H and O–H groups in total. The number of allylic oxidation sites excluding steroid dienone is 1. The number of aryl methyl sites for hydroxylation is 1. The van der Waals surface area contributed by atoms with Gasteiger partial charge in [-0.15, -0.1) is 0 Å². The van der Waals surface area contributed by atoms with Crippen molar-refractivity contribution in [2.24, 2.45) is 7.05 Å². The van der Waals surface area contributed by atoms with Crippen molar-refractivity contribution in [2.75, 3.05) is 43.1 Å². The zero-order valence-corrected chi connectivity index (χ0v) is 25.4. The fourth-order valence-electron chi connectivity index (χ4n) is 5.82. The number of fused-ring (bicyclic) bond motifs is 1. The van der Waals surface area contributed by atoms with Gasteiger partial charge in [-0.2, -0.15) is 0 Å². The SMILES string of the molecule is C=C(C)c1ccc2c(c1)CCN(c1cccc(-c3cn(C)c(=O)c(Nc4ccc(C(=O)N5CCOCC5)cc4)n3)c1CO)C2=O. The monoisotopic (exact) mass is 605 g/mol. The number of aliphatic hydroxyl groups is 1. The van der Waals surface area contributed by atoms with E-state index in [2.05, 4.69) is 16.9 Å². The number of aromatic nitrogens is 2. The maximum Gasteiger partial charge on any atom is 0.293 e. The number of rotatable bonds is 7. The van der Waals surface area contributed by atoms with Crippen LogP contribution in [0, 0.1) is 0 Å². The lowest BCUT2D eigenvalue weighted by molar-refractivity contribution is 0.0303. The number of ether oxygens (including phenoxy) is 1. The second kappa shape index (κ2) is 12.5. The molecular formula is C35H35N5O5. The first-order chi connectivity index (χ1) is 21.7. The third kappa shape index (κ3) is 5.90. The third-order valence-electron chi connectivity index (χ3n) is 8.32. The number of anilines is 3. The minimum Gasteiger partial charge on any atom is -0.392 e. The van der Waals surface area contributed by atoms with E-state index in [1.54, 1.807) is 47.3 Å². The number of aliphatic hydroxyl groups excluding tert-OH is 1. The molecule has 3 heterocycles. The van der Waals surface area contributed by atoms with Gasteiger partial charge >= 0.3 is 0 Å². The molecule has 2 aliphatic heterocycles. The van der Waals surface area contributed by atoms with E-state index in [1.807, 2.05) is 43.3 Å². The van der Waals surface area contributed by atoms with Gasteiger partial charge in [-0.05, 0) is 60.9 Å². The molecule has 10 heteroatoms. The highest BCUT2D eigenvalue weighted by Crippen LogP contribution is 2.34. The predicted octanol–water partition coefficient (Wildman–Crippen LogP) is 4.39. The standard InChI is InChI=1S/C35H35N5O5/c1-22(2)24-9-12-27-25(19-24)13-14-40(34(27)43)31-6-4-5-28(29(31)21-41)30-20-38(3)35(44)32(37-30)36-26-10-7-23(8-11-26)33(42)39-15-17-45-18-16-39/h4-12,19-20,41H,1,13-18,21H2,2-3H3,(H,36,37). The smallest absolute Gasteiger partial charge is 0.293 e. The molecule has 6 rings (SSSR count). The molecule has 1 aromatic heterocycles. The summed E-state index contributed by atoms with van der Waals surface area (Å²) in [4.78, 5) is 47.7. The van der Waals surface area contributed by atoms with Crippen LogP contribution in [-0.2, 0) is 24.8 Å². The zero-order chi connectivity index (χ0) is 31.7. The summed E-state index contributed by atoms with van der Waals surface area (Å²) in [5.74, 6) is -0.111. The number of carbonyl (C=O) groups excluding carboxylic acids is 2. The van der Waals surface area contributed by atoms with Gasteiger partial charge in [0.2, 0.25) is 0 Å². The summed E-state index contributed by atoms with van der Waals surface area (Å²) in [6.45, 7) is 8.24. The summed E-state index contributed by atoms with van der Waals surface area (Å²) >= 11 is 0. The van der Waals surface area contributed by atoms with Crippen LogP contribution in [0.2, 0.25) is 0 Å². The molecule has 45 heavy (non-hydrogen) atoms. The number of morpholine rings is 1. The predicted molar refractivity (Wildman–Crippen MR) is 174 cm³/mol. The summed E-state index contributed by atoms with van der Waals surface area (Å²) in [6, 6.07) is 18.1. The van der Waals surface area contributed by atoms with E-state index in [0.717, 1.165) is 16.7 Å². The van der Waals surface area contributed by atoms with Crippen molar-refractivity contribution < 1.29 is 19.4 Å². The summed E-state index contributed by atoms with van der Waals surface area (Å²) < 4.78 is 6.76. The topological polar surface area (TPSA) is 117 Å². The fourth-order valence-corrected chi connectivity index (χ4v) is 5.82. The quantitative estimate of drug-likeness (QED) is 0.321. The third-order valence-corrected chi connectivity index (χ3v) is 8.32. The molecule has 0 atom stereocenters. The molecule has 0 unspecified atom stereocenters. The van der Waals surface area contributed by atoms with Crippen LogP contribution in [0.3, 0.4) is 0 Å². The zero-order valence-electron chi connectivity index (χ0n) is 25.4. The Morgan fingerprint density at radius 1 is 1.00 bits per heavy atom. The minimum absolute atomic E-state index is 0.0652. The highest BCUT2D eigenvalue weighted by molar-refractivity contribution is 6.09. The lowest BCUT2D eigenvalue weighted by Crippen LogP contribution is -2.40. The van der Waals surface area contributed by atoms with E-state index in [4.69, 9.17) is 4.74 Å². The Balaban J connectivity index is 1.29. The van der Waals surface area contributed by atoms with Crippen LogP contribution < -0.4 is 15.8 Å². The molecule has 0 spiro atoms. The molecule has 1 fully saturated rings. The van der Waals surface area contributed by atoms with Crippen molar-refractivity contribution in [1.82, 2.24) is 14.5 Å². The van der Waals surface area contributed by atoms with Crippen molar-refractivity contribution >= 4 is 34.6 Å². The van der Waals surface area contributed by atoms with Gasteiger partial charge in [0.15, 0.2) is 5.82 Å². The summed E-state index contributed by atoms with van der Waals surface area (Å²) in [7, 11) is 1.63. The Labute approximate surface area is 261 Å². The lowest BCUT2D eigenvalue weighted by Gasteiger charge is -2.31. The average Bonchev–Trinajstić information content (AvgIpc) is 3.06. The van der Waals surface area contributed by atoms with Crippen LogP contribution in [0.25, 0.3) is 16.8 Å². The molecule has 10 nitrogen and oxygen atoms in total. The fraction of sp³-hybridized carbons (Fsp3) is 0.257. The van der Waals surface area contributed by atoms with Crippen LogP contribution in [0.15, 0.2) is 78.2 Å². The highest BCUT2D eigenvalue weighted by atomic mass is 16.5. The van der Waals surface area contributed by atoms with Gasteiger partial charge in [0.05, 0.1) is 31.2 Å². The van der Waals surface area contributed by atoms with Crippen molar-refractivity contribution in [3.8, 4) is 11.3 Å². The molecule has 1 saturated heterocycles. The van der Waals surface area contributed by atoms with Gasteiger partial charge in [0.25, 0.3) is 17.4 Å². The highest BCUT2D eigenvalue weighted by Gasteiger charge is 2.28. The first kappa shape index (κ1) is 30.0. The second-order valence-corrected chi connectivity index (χ2v) is 11.3. The van der Waals surface area contributed by atoms with Crippen molar-refractivity contribution in [3.05, 3.63) is 112 Å². The second-order valence-electron chi connectivity index (χ2n) is 11.3. The van der Waals surface area contributed by atoms with Gasteiger partial charge < -0.3 is 29.5 Å². The van der Waals surface area contributed by atoms with Gasteiger partial charge in [-0.25, -0.2) is 4.98 Å². The van der Waals surface area contributed by atoms with Crippen molar-refractivity contribution in [2.45, 2.75) is 20.0 Å². The molecule has 230 valence electrons. The molecule has 0 bridgehead atoms. The Kier molecular flexibility index (Phi) is 8.34. The maximum atomic E-state index is 13.6. The Morgan fingerprint density at radius 3 is 2.44 bits per heavy atom. The van der Waals surface area contributed by atoms with Gasteiger partial charge in [-0.3, -0.25) is 14.4 Å². The number of hydrogen-bond donors (Lipinski definition) is 2. The number of nitrogens with zero attached hydrogens (tertiary/aromatic N) is 4. The molecule has 0 aliphatic carbocycles. The number of hydrogen-bond acceptors (Lipinski definition) is 7. The Hall–Kier alpha value is -5.06. The van der Waals surface area contributed by atoms with Crippen LogP contribution in [0.1, 0.15) is 44.3 Å². The van der Waals surface area contributed by atoms with E-state index < -0.39 is 0 Å². The molecule has 2 amide bonds. The Bertz CT molecular complexity index is 1860. The first-order valence-electron chi connectivity index (χ1n) is 14.9. The van der Waals surface area contributed by atoms with Crippen LogP contribution >= 0.6 is 0 Å². The average molecular weight is 606 g/mol. The number of nitrogens with one attached hydrogen (secondary N) is 1. The van der Waals surface area contributed by atoms with E-state index in [-0.39, 0.29) is 29.8 Å². The normalized spacial score (nSPS) is 14.7. The summed E-state index contributed by atoms with van der Waals surface area (Å²) in [5.41, 5.74) is 6.57. The number of amides is 2. The first-order valence-corrected chi connectivity index (χ1v) is 14.9. The van der Waals surface area contributed by atoms with Gasteiger partial charge in [0.1, 0.15) is 0 Å². The van der Waals surface area contributed by atoms with Crippen LogP contribution in [0.4, 0.5) is 17.2 Å². The molecule has 2 aliphatic rings. The molecule has 3 aromatic carbocycles. The largest absolute Gasteiger partial charge is 0.392 e. The van der Waals surface area contributed by atoms with E-state index in [9.17, 15) is 19.5 Å². The molecular weight excluding hydrogens is 570 g/mol. The van der Waals surface area contributed by atoms with Gasteiger partial charge in [-0.1, -0.05) is 36.4 Å². The number of benzene rings is 3. The lowest BCUT2D eigenvalue weighted by atomic mass is 9.93. The molecule has 0 radical (unpaired) electrons. The minimum atomic E-state index is -0.342. The maximum absolute atomic E-state index is 13.6. The van der Waals surface area contributed by atoms with Crippen LogP contribution in [0.5, 0.6) is 0 Å². The van der Waals surface area contributed by atoms with Gasteiger partial charge in [0, 0.05) is 60.8 Å². The van der Waals surface area contributed by atoms with E-state index >= 15 is 0 Å². The summed E-state index contributed by atoms with van der Waals surface area (Å²) in [5, 5.41) is 13.7.